The number of benzene rings is 3. The summed E-state index contributed by atoms with van der Waals surface area (Å²) in [5, 5.41) is 11.0. The molecule has 1 aliphatic rings. The molecule has 1 aliphatic heterocycles. The van der Waals surface area contributed by atoms with Gasteiger partial charge in [0.2, 0.25) is 0 Å². The Morgan fingerprint density at radius 2 is 1.93 bits per heavy atom. The minimum Gasteiger partial charge on any atom is -0.488 e. The van der Waals surface area contributed by atoms with E-state index < -0.39 is 16.9 Å². The number of ether oxygens (including phenoxy) is 2. The van der Waals surface area contributed by atoms with Crippen LogP contribution in [0.4, 0.5) is 5.69 Å². The minimum atomic E-state index is -0.651. The molecule has 0 N–H and O–H groups in total. The van der Waals surface area contributed by atoms with Crippen LogP contribution in [-0.2, 0) is 16.1 Å². The van der Waals surface area contributed by atoms with Gasteiger partial charge in [-0.2, -0.15) is 0 Å². The zero-order valence-electron chi connectivity index (χ0n) is 22.1. The summed E-state index contributed by atoms with van der Waals surface area (Å²) in [6.45, 7) is 2.10. The highest BCUT2D eigenvalue weighted by molar-refractivity contribution is 14.1. The van der Waals surface area contributed by atoms with Gasteiger partial charge in [-0.3, -0.25) is 19.5 Å². The van der Waals surface area contributed by atoms with Crippen molar-refractivity contribution in [2.75, 3.05) is 7.11 Å². The first kappa shape index (κ1) is 28.4. The van der Waals surface area contributed by atoms with Gasteiger partial charge in [-0.1, -0.05) is 66.8 Å². The number of aromatic nitrogens is 1. The number of hydrogen-bond donors (Lipinski definition) is 0. The lowest BCUT2D eigenvalue weighted by Gasteiger charge is -2.25. The standard InChI is InChI=1S/C30H24IN3O6S/c1-3-23-26(29(36)39-2)27(20-9-5-4-6-10-20)33-28(35)25(41-30(33)32-23)16-18-12-13-24(22(31)15-18)40-17-19-8-7-11-21(14-19)34(37)38/h4-16,27H,3,17H2,1-2H3/b25-16-/t27-/m0/s1. The molecule has 0 bridgehead atoms. The molecule has 5 rings (SSSR count). The van der Waals surface area contributed by atoms with E-state index in [2.05, 4.69) is 22.6 Å². The van der Waals surface area contributed by atoms with Crippen LogP contribution in [0.3, 0.4) is 0 Å². The monoisotopic (exact) mass is 681 g/mol. The molecule has 208 valence electrons. The van der Waals surface area contributed by atoms with E-state index in [1.54, 1.807) is 28.8 Å². The first-order chi connectivity index (χ1) is 19.8. The van der Waals surface area contributed by atoms with E-state index in [9.17, 15) is 19.7 Å². The smallest absolute Gasteiger partial charge is 0.338 e. The van der Waals surface area contributed by atoms with Crippen molar-refractivity contribution in [2.45, 2.75) is 26.0 Å². The molecule has 1 atom stereocenters. The second kappa shape index (κ2) is 12.2. The van der Waals surface area contributed by atoms with Gasteiger partial charge in [0.05, 0.1) is 37.4 Å². The Morgan fingerprint density at radius 1 is 1.15 bits per heavy atom. The lowest BCUT2D eigenvalue weighted by molar-refractivity contribution is -0.384. The lowest BCUT2D eigenvalue weighted by Crippen LogP contribution is -2.40. The van der Waals surface area contributed by atoms with Crippen LogP contribution in [0.1, 0.15) is 36.1 Å². The van der Waals surface area contributed by atoms with Crippen LogP contribution in [0.15, 0.2) is 93.9 Å². The third-order valence-electron chi connectivity index (χ3n) is 6.53. The van der Waals surface area contributed by atoms with Crippen molar-refractivity contribution in [3.8, 4) is 5.75 Å². The number of nitro groups is 1. The first-order valence-corrected chi connectivity index (χ1v) is 14.5. The Labute approximate surface area is 252 Å². The largest absolute Gasteiger partial charge is 0.488 e. The number of fused-ring (bicyclic) bond motifs is 1. The van der Waals surface area contributed by atoms with Gasteiger partial charge in [-0.15, -0.1) is 0 Å². The molecule has 9 nitrogen and oxygen atoms in total. The molecule has 0 fully saturated rings. The molecule has 1 aromatic heterocycles. The van der Waals surface area contributed by atoms with E-state index >= 15 is 0 Å². The van der Waals surface area contributed by atoms with E-state index in [0.717, 1.165) is 14.7 Å². The molecule has 0 saturated heterocycles. The predicted molar refractivity (Wildman–Crippen MR) is 163 cm³/mol. The van der Waals surface area contributed by atoms with Gasteiger partial charge in [0, 0.05) is 12.1 Å². The molecule has 0 amide bonds. The maximum absolute atomic E-state index is 13.8. The Hall–Kier alpha value is -4.10. The van der Waals surface area contributed by atoms with E-state index in [-0.39, 0.29) is 17.9 Å². The van der Waals surface area contributed by atoms with Crippen LogP contribution in [0.25, 0.3) is 6.08 Å². The average molecular weight is 682 g/mol. The fourth-order valence-corrected chi connectivity index (χ4v) is 6.33. The summed E-state index contributed by atoms with van der Waals surface area (Å²) in [5.41, 5.74) is 2.99. The number of thiazole rings is 1. The normalized spacial score (nSPS) is 14.8. The quantitative estimate of drug-likeness (QED) is 0.113. The molecule has 0 saturated carbocycles. The van der Waals surface area contributed by atoms with Gasteiger partial charge >= 0.3 is 5.97 Å². The van der Waals surface area contributed by atoms with Crippen LogP contribution in [0.5, 0.6) is 5.75 Å². The number of rotatable bonds is 8. The zero-order valence-corrected chi connectivity index (χ0v) is 25.0. The predicted octanol–water partition coefficient (Wildman–Crippen LogP) is 4.89. The molecular formula is C30H24IN3O6S. The van der Waals surface area contributed by atoms with Gasteiger partial charge in [-0.05, 0) is 63.9 Å². The molecule has 41 heavy (non-hydrogen) atoms. The lowest BCUT2D eigenvalue weighted by atomic mass is 9.95. The Bertz CT molecular complexity index is 1860. The van der Waals surface area contributed by atoms with Crippen LogP contribution >= 0.6 is 33.9 Å². The number of allylic oxidation sites excluding steroid dienone is 1. The summed E-state index contributed by atoms with van der Waals surface area (Å²) in [6.07, 6.45) is 2.31. The van der Waals surface area contributed by atoms with Crippen molar-refractivity contribution in [3.63, 3.8) is 0 Å². The fraction of sp³-hybridized carbons (Fsp3) is 0.167. The van der Waals surface area contributed by atoms with Crippen molar-refractivity contribution in [3.05, 3.63) is 134 Å². The van der Waals surface area contributed by atoms with E-state index in [1.807, 2.05) is 49.4 Å². The van der Waals surface area contributed by atoms with Crippen molar-refractivity contribution < 1.29 is 19.2 Å². The summed E-state index contributed by atoms with van der Waals surface area (Å²) in [4.78, 5) is 42.5. The Kier molecular flexibility index (Phi) is 8.45. The zero-order chi connectivity index (χ0) is 29.1. The molecule has 0 unspecified atom stereocenters. The number of esters is 1. The summed E-state index contributed by atoms with van der Waals surface area (Å²) in [5.74, 6) is 0.110. The number of methoxy groups -OCH3 is 1. The third kappa shape index (κ3) is 5.86. The van der Waals surface area contributed by atoms with Crippen molar-refractivity contribution in [2.24, 2.45) is 4.99 Å². The Morgan fingerprint density at radius 3 is 2.61 bits per heavy atom. The number of nitrogens with zero attached hydrogens (tertiary/aromatic N) is 3. The number of carbonyl (C=O) groups excluding carboxylic acids is 1. The molecule has 3 aromatic carbocycles. The molecule has 0 spiro atoms. The van der Waals surface area contributed by atoms with E-state index in [4.69, 9.17) is 14.5 Å². The van der Waals surface area contributed by atoms with Crippen molar-refractivity contribution >= 4 is 51.7 Å². The molecule has 11 heteroatoms. The van der Waals surface area contributed by atoms with Crippen LogP contribution in [0.2, 0.25) is 0 Å². The number of hydrogen-bond acceptors (Lipinski definition) is 8. The SMILES string of the molecule is CCC1=C(C(=O)OC)[C@H](c2ccccc2)n2c(s/c(=C\c3ccc(OCc4cccc([N+](=O)[O-])c4)c(I)c3)c2=O)=N1. The van der Waals surface area contributed by atoms with Crippen molar-refractivity contribution in [1.82, 2.24) is 4.57 Å². The summed E-state index contributed by atoms with van der Waals surface area (Å²) >= 11 is 3.43. The third-order valence-corrected chi connectivity index (χ3v) is 8.36. The minimum absolute atomic E-state index is 0.0110. The van der Waals surface area contributed by atoms with Crippen molar-refractivity contribution in [1.29, 1.82) is 0 Å². The molecule has 0 radical (unpaired) electrons. The Balaban J connectivity index is 1.50. The fourth-order valence-electron chi connectivity index (χ4n) is 4.61. The van der Waals surface area contributed by atoms with Crippen LogP contribution < -0.4 is 19.6 Å². The molecule has 4 aromatic rings. The summed E-state index contributed by atoms with van der Waals surface area (Å²) in [6, 6.07) is 20.6. The summed E-state index contributed by atoms with van der Waals surface area (Å²) < 4.78 is 13.9. The number of halogens is 1. The highest BCUT2D eigenvalue weighted by Crippen LogP contribution is 2.31. The number of carbonyl (C=O) groups is 1. The number of non-ortho nitro benzene ring substituents is 1. The first-order valence-electron chi connectivity index (χ1n) is 12.6. The molecule has 2 heterocycles. The van der Waals surface area contributed by atoms with Gasteiger partial charge in [-0.25, -0.2) is 9.79 Å². The van der Waals surface area contributed by atoms with Crippen LogP contribution in [0, 0.1) is 13.7 Å². The maximum Gasteiger partial charge on any atom is 0.338 e. The van der Waals surface area contributed by atoms with Gasteiger partial charge in [0.15, 0.2) is 4.80 Å². The number of nitro benzene ring substituents is 1. The maximum atomic E-state index is 13.8. The molecule has 0 aliphatic carbocycles. The second-order valence-electron chi connectivity index (χ2n) is 9.10. The van der Waals surface area contributed by atoms with E-state index in [0.29, 0.717) is 38.3 Å². The molecular weight excluding hydrogens is 657 g/mol. The second-order valence-corrected chi connectivity index (χ2v) is 11.3. The van der Waals surface area contributed by atoms with Crippen LogP contribution in [-0.4, -0.2) is 22.6 Å². The summed E-state index contributed by atoms with van der Waals surface area (Å²) in [7, 11) is 1.33. The highest BCUT2D eigenvalue weighted by atomic mass is 127. The highest BCUT2D eigenvalue weighted by Gasteiger charge is 2.33. The van der Waals surface area contributed by atoms with Gasteiger partial charge in [0.25, 0.3) is 11.2 Å². The van der Waals surface area contributed by atoms with Gasteiger partial charge < -0.3 is 9.47 Å². The topological polar surface area (TPSA) is 113 Å². The van der Waals surface area contributed by atoms with E-state index in [1.165, 1.54) is 30.6 Å². The average Bonchev–Trinajstić information content (AvgIpc) is 3.29. The van der Waals surface area contributed by atoms with Gasteiger partial charge in [0.1, 0.15) is 12.4 Å².